The van der Waals surface area contributed by atoms with Crippen LogP contribution in [0.1, 0.15) is 11.1 Å². The molecule has 0 bridgehead atoms. The molecule has 0 aliphatic carbocycles. The lowest BCUT2D eigenvalue weighted by Gasteiger charge is -1.93. The summed E-state index contributed by atoms with van der Waals surface area (Å²) < 4.78 is 4.15. The first-order chi connectivity index (χ1) is 12.6. The third kappa shape index (κ3) is 2.88. The van der Waals surface area contributed by atoms with E-state index in [1.54, 1.807) is 12.2 Å². The standard InChI is InChI=1S/C23H20N2O/c1-24-15-17(20-7-3-5-9-22(20)24)11-13-19(26)14-12-18-16-25(2)23-10-6-4-8-21(18)23/h3-16H,1-2H3/b13-11+,14-12+. The Morgan fingerprint density at radius 2 is 1.15 bits per heavy atom. The summed E-state index contributed by atoms with van der Waals surface area (Å²) in [6.45, 7) is 0. The number of carbonyl (C=O) groups is 1. The molecular formula is C23H20N2O. The minimum atomic E-state index is -0.0223. The van der Waals surface area contributed by atoms with Gasteiger partial charge in [0.25, 0.3) is 0 Å². The van der Waals surface area contributed by atoms with E-state index in [0.717, 1.165) is 32.9 Å². The van der Waals surface area contributed by atoms with Gasteiger partial charge in [-0.1, -0.05) is 36.4 Å². The van der Waals surface area contributed by atoms with Crippen molar-refractivity contribution in [3.63, 3.8) is 0 Å². The zero-order chi connectivity index (χ0) is 18.1. The summed E-state index contributed by atoms with van der Waals surface area (Å²) in [6, 6.07) is 16.4. The smallest absolute Gasteiger partial charge is 0.178 e. The average Bonchev–Trinajstić information content (AvgIpc) is 3.16. The Kier molecular flexibility index (Phi) is 4.05. The molecule has 0 radical (unpaired) electrons. The molecule has 2 heterocycles. The Morgan fingerprint density at radius 3 is 1.62 bits per heavy atom. The van der Waals surface area contributed by atoms with E-state index in [1.807, 2.05) is 62.9 Å². The van der Waals surface area contributed by atoms with Crippen molar-refractivity contribution in [1.29, 1.82) is 0 Å². The quantitative estimate of drug-likeness (QED) is 0.482. The van der Waals surface area contributed by atoms with Gasteiger partial charge >= 0.3 is 0 Å². The van der Waals surface area contributed by atoms with E-state index < -0.39 is 0 Å². The third-order valence-electron chi connectivity index (χ3n) is 4.71. The highest BCUT2D eigenvalue weighted by atomic mass is 16.1. The normalized spacial score (nSPS) is 12.1. The number of rotatable bonds is 4. The first kappa shape index (κ1) is 16.2. The van der Waals surface area contributed by atoms with Crippen LogP contribution in [0.15, 0.2) is 73.1 Å². The number of nitrogens with zero attached hydrogens (tertiary/aromatic N) is 2. The molecule has 128 valence electrons. The molecule has 0 spiro atoms. The number of fused-ring (bicyclic) bond motifs is 2. The highest BCUT2D eigenvalue weighted by Crippen LogP contribution is 2.22. The van der Waals surface area contributed by atoms with Crippen LogP contribution in [0.4, 0.5) is 0 Å². The van der Waals surface area contributed by atoms with Crippen LogP contribution in [0.2, 0.25) is 0 Å². The number of carbonyl (C=O) groups excluding carboxylic acids is 1. The van der Waals surface area contributed by atoms with E-state index in [9.17, 15) is 4.79 Å². The molecule has 0 fully saturated rings. The molecule has 0 amide bonds. The van der Waals surface area contributed by atoms with Crippen molar-refractivity contribution in [2.24, 2.45) is 14.1 Å². The second kappa shape index (κ2) is 6.52. The summed E-state index contributed by atoms with van der Waals surface area (Å²) in [4.78, 5) is 12.3. The van der Waals surface area contributed by atoms with Crippen molar-refractivity contribution in [2.45, 2.75) is 0 Å². The van der Waals surface area contributed by atoms with Gasteiger partial charge in [-0.15, -0.1) is 0 Å². The number of ketones is 1. The fraction of sp³-hybridized carbons (Fsp3) is 0.0870. The average molecular weight is 340 g/mol. The first-order valence-electron chi connectivity index (χ1n) is 8.62. The highest BCUT2D eigenvalue weighted by Gasteiger charge is 2.04. The maximum Gasteiger partial charge on any atom is 0.178 e. The molecular weight excluding hydrogens is 320 g/mol. The molecule has 0 N–H and O–H groups in total. The van der Waals surface area contributed by atoms with Crippen LogP contribution in [-0.4, -0.2) is 14.9 Å². The Labute approximate surface area is 152 Å². The fourth-order valence-corrected chi connectivity index (χ4v) is 3.41. The van der Waals surface area contributed by atoms with Crippen LogP contribution in [0, 0.1) is 0 Å². The summed E-state index contributed by atoms with van der Waals surface area (Å²) >= 11 is 0. The molecule has 0 unspecified atom stereocenters. The van der Waals surface area contributed by atoms with Crippen molar-refractivity contribution in [3.8, 4) is 0 Å². The molecule has 26 heavy (non-hydrogen) atoms. The van der Waals surface area contributed by atoms with Gasteiger partial charge < -0.3 is 9.13 Å². The summed E-state index contributed by atoms with van der Waals surface area (Å²) in [5.41, 5.74) is 4.42. The Morgan fingerprint density at radius 1 is 0.731 bits per heavy atom. The number of hydrogen-bond acceptors (Lipinski definition) is 1. The van der Waals surface area contributed by atoms with Crippen LogP contribution in [-0.2, 0) is 18.9 Å². The van der Waals surface area contributed by atoms with Gasteiger partial charge in [0.1, 0.15) is 0 Å². The van der Waals surface area contributed by atoms with E-state index in [0.29, 0.717) is 0 Å². The molecule has 0 atom stereocenters. The van der Waals surface area contributed by atoms with Crippen molar-refractivity contribution < 1.29 is 4.79 Å². The van der Waals surface area contributed by atoms with Gasteiger partial charge in [0.05, 0.1) is 0 Å². The SMILES string of the molecule is Cn1cc(/C=C/C(=O)/C=C/c2cn(C)c3ccccc23)c2ccccc21. The van der Waals surface area contributed by atoms with Gasteiger partial charge in [0, 0.05) is 59.4 Å². The summed E-state index contributed by atoms with van der Waals surface area (Å²) in [5, 5.41) is 2.30. The van der Waals surface area contributed by atoms with Crippen molar-refractivity contribution in [2.75, 3.05) is 0 Å². The van der Waals surface area contributed by atoms with Crippen LogP contribution in [0.25, 0.3) is 34.0 Å². The summed E-state index contributed by atoms with van der Waals surface area (Å²) in [5.74, 6) is -0.0223. The number of allylic oxidation sites excluding steroid dienone is 2. The third-order valence-corrected chi connectivity index (χ3v) is 4.71. The van der Waals surface area contributed by atoms with Gasteiger partial charge in [-0.25, -0.2) is 0 Å². The molecule has 2 aromatic carbocycles. The van der Waals surface area contributed by atoms with Crippen molar-refractivity contribution in [1.82, 2.24) is 9.13 Å². The van der Waals surface area contributed by atoms with Crippen molar-refractivity contribution >= 4 is 39.7 Å². The Bertz CT molecular complexity index is 1080. The molecule has 4 rings (SSSR count). The van der Waals surface area contributed by atoms with Crippen LogP contribution >= 0.6 is 0 Å². The number of aryl methyl sites for hydroxylation is 2. The second-order valence-corrected chi connectivity index (χ2v) is 6.49. The molecule has 4 aromatic rings. The van der Waals surface area contributed by atoms with Gasteiger partial charge in [0.2, 0.25) is 0 Å². The topological polar surface area (TPSA) is 26.9 Å². The van der Waals surface area contributed by atoms with E-state index in [4.69, 9.17) is 0 Å². The van der Waals surface area contributed by atoms with Gasteiger partial charge in [-0.3, -0.25) is 4.79 Å². The molecule has 0 saturated carbocycles. The van der Waals surface area contributed by atoms with Gasteiger partial charge in [-0.2, -0.15) is 0 Å². The van der Waals surface area contributed by atoms with Crippen LogP contribution in [0.5, 0.6) is 0 Å². The number of hydrogen-bond donors (Lipinski definition) is 0. The number of aromatic nitrogens is 2. The van der Waals surface area contributed by atoms with Crippen LogP contribution in [0.3, 0.4) is 0 Å². The molecule has 0 aliphatic rings. The fourth-order valence-electron chi connectivity index (χ4n) is 3.41. The lowest BCUT2D eigenvalue weighted by Crippen LogP contribution is -1.84. The number of benzene rings is 2. The van der Waals surface area contributed by atoms with E-state index in [2.05, 4.69) is 33.4 Å². The maximum atomic E-state index is 12.3. The zero-order valence-corrected chi connectivity index (χ0v) is 14.9. The van der Waals surface area contributed by atoms with E-state index in [1.165, 1.54) is 0 Å². The lowest BCUT2D eigenvalue weighted by molar-refractivity contribution is -0.110. The first-order valence-corrected chi connectivity index (χ1v) is 8.62. The molecule has 3 heteroatoms. The molecule has 3 nitrogen and oxygen atoms in total. The summed E-state index contributed by atoms with van der Waals surface area (Å²) in [7, 11) is 4.03. The minimum Gasteiger partial charge on any atom is -0.350 e. The minimum absolute atomic E-state index is 0.0223. The van der Waals surface area contributed by atoms with Gasteiger partial charge in [0.15, 0.2) is 5.78 Å². The number of para-hydroxylation sites is 2. The second-order valence-electron chi connectivity index (χ2n) is 6.49. The highest BCUT2D eigenvalue weighted by molar-refractivity contribution is 6.06. The van der Waals surface area contributed by atoms with Crippen LogP contribution < -0.4 is 0 Å². The Hall–Kier alpha value is -3.33. The van der Waals surface area contributed by atoms with Crippen molar-refractivity contribution in [3.05, 3.63) is 84.2 Å². The largest absolute Gasteiger partial charge is 0.350 e. The van der Waals surface area contributed by atoms with Gasteiger partial charge in [-0.05, 0) is 36.4 Å². The predicted molar refractivity (Wildman–Crippen MR) is 109 cm³/mol. The maximum absolute atomic E-state index is 12.3. The molecule has 2 aromatic heterocycles. The predicted octanol–water partition coefficient (Wildman–Crippen LogP) is 4.97. The zero-order valence-electron chi connectivity index (χ0n) is 14.9. The monoisotopic (exact) mass is 340 g/mol. The molecule has 0 aliphatic heterocycles. The molecule has 0 saturated heterocycles. The summed E-state index contributed by atoms with van der Waals surface area (Å²) in [6.07, 6.45) is 11.1. The van der Waals surface area contributed by atoms with E-state index in [-0.39, 0.29) is 5.78 Å². The lowest BCUT2D eigenvalue weighted by atomic mass is 10.1. The van der Waals surface area contributed by atoms with E-state index >= 15 is 0 Å². The Balaban J connectivity index is 1.58.